The van der Waals surface area contributed by atoms with Crippen LogP contribution < -0.4 is 14.8 Å². The van der Waals surface area contributed by atoms with Crippen molar-refractivity contribution >= 4 is 11.6 Å². The minimum Gasteiger partial charge on any atom is -0.497 e. The summed E-state index contributed by atoms with van der Waals surface area (Å²) >= 11 is 0. The summed E-state index contributed by atoms with van der Waals surface area (Å²) in [6.07, 6.45) is -0.236. The normalized spacial score (nSPS) is 11.6. The lowest BCUT2D eigenvalue weighted by molar-refractivity contribution is -0.122. The third kappa shape index (κ3) is 3.97. The van der Waals surface area contributed by atoms with Gasteiger partial charge in [0.05, 0.1) is 12.8 Å². The number of anilines is 1. The molecule has 0 saturated carbocycles. The quantitative estimate of drug-likeness (QED) is 0.886. The van der Waals surface area contributed by atoms with Crippen molar-refractivity contribution in [3.05, 3.63) is 54.3 Å². The maximum absolute atomic E-state index is 13.6. The van der Waals surface area contributed by atoms with Gasteiger partial charge in [0, 0.05) is 0 Å². The number of hydrogen-bond donors (Lipinski definition) is 1. The van der Waals surface area contributed by atoms with Gasteiger partial charge in [-0.2, -0.15) is 0 Å². The maximum atomic E-state index is 13.6. The summed E-state index contributed by atoms with van der Waals surface area (Å²) in [6, 6.07) is 13.0. The first-order chi connectivity index (χ1) is 10.6. The molecule has 0 spiro atoms. The van der Waals surface area contributed by atoms with Gasteiger partial charge >= 0.3 is 0 Å². The fourth-order valence-corrected chi connectivity index (χ4v) is 1.92. The molecule has 0 radical (unpaired) electrons. The lowest BCUT2D eigenvalue weighted by atomic mass is 10.2. The molecular formula is C17H18FNO3. The van der Waals surface area contributed by atoms with Crippen molar-refractivity contribution in [3.63, 3.8) is 0 Å². The summed E-state index contributed by atoms with van der Waals surface area (Å²) in [4.78, 5) is 12.2. The van der Waals surface area contributed by atoms with E-state index >= 15 is 0 Å². The van der Waals surface area contributed by atoms with E-state index < -0.39 is 11.9 Å². The first kappa shape index (κ1) is 15.8. The van der Waals surface area contributed by atoms with Gasteiger partial charge in [-0.3, -0.25) is 4.79 Å². The Morgan fingerprint density at radius 1 is 1.14 bits per heavy atom. The predicted octanol–water partition coefficient (Wildman–Crippen LogP) is 3.63. The van der Waals surface area contributed by atoms with Crippen LogP contribution in [0.25, 0.3) is 0 Å². The molecular weight excluding hydrogens is 285 g/mol. The Morgan fingerprint density at radius 2 is 1.77 bits per heavy atom. The van der Waals surface area contributed by atoms with Gasteiger partial charge < -0.3 is 14.8 Å². The number of nitrogens with one attached hydrogen (secondary N) is 1. The van der Waals surface area contributed by atoms with E-state index in [1.807, 2.05) is 6.92 Å². The minimum absolute atomic E-state index is 0.143. The van der Waals surface area contributed by atoms with Crippen LogP contribution in [0.3, 0.4) is 0 Å². The molecule has 0 aromatic heterocycles. The van der Waals surface area contributed by atoms with Crippen LogP contribution in [0.4, 0.5) is 10.1 Å². The number of ether oxygens (including phenoxy) is 2. The molecule has 22 heavy (non-hydrogen) atoms. The number of halogens is 1. The van der Waals surface area contributed by atoms with Crippen molar-refractivity contribution < 1.29 is 18.7 Å². The minimum atomic E-state index is -0.701. The molecule has 0 fully saturated rings. The van der Waals surface area contributed by atoms with Gasteiger partial charge in [0.25, 0.3) is 5.91 Å². The number of benzene rings is 2. The van der Waals surface area contributed by atoms with E-state index in [-0.39, 0.29) is 11.6 Å². The van der Waals surface area contributed by atoms with Crippen LogP contribution in [0.15, 0.2) is 48.5 Å². The lowest BCUT2D eigenvalue weighted by Crippen LogP contribution is -2.32. The van der Waals surface area contributed by atoms with Gasteiger partial charge in [-0.05, 0) is 42.8 Å². The van der Waals surface area contributed by atoms with Crippen molar-refractivity contribution in [2.75, 3.05) is 12.4 Å². The monoisotopic (exact) mass is 303 g/mol. The summed E-state index contributed by atoms with van der Waals surface area (Å²) in [5, 5.41) is 2.54. The highest BCUT2D eigenvalue weighted by Gasteiger charge is 2.19. The summed E-state index contributed by atoms with van der Waals surface area (Å²) in [6.45, 7) is 1.83. The largest absolute Gasteiger partial charge is 0.497 e. The first-order valence-corrected chi connectivity index (χ1v) is 7.00. The zero-order valence-corrected chi connectivity index (χ0v) is 12.5. The van der Waals surface area contributed by atoms with E-state index in [2.05, 4.69) is 5.32 Å². The van der Waals surface area contributed by atoms with Gasteiger partial charge in [0.1, 0.15) is 17.3 Å². The Labute approximate surface area is 128 Å². The van der Waals surface area contributed by atoms with Gasteiger partial charge in [0.2, 0.25) is 0 Å². The average molecular weight is 303 g/mol. The zero-order chi connectivity index (χ0) is 15.9. The second kappa shape index (κ2) is 7.45. The van der Waals surface area contributed by atoms with Crippen molar-refractivity contribution in [2.45, 2.75) is 19.4 Å². The lowest BCUT2D eigenvalue weighted by Gasteiger charge is -2.17. The Balaban J connectivity index is 2.03. The van der Waals surface area contributed by atoms with Gasteiger partial charge in [-0.15, -0.1) is 0 Å². The number of methoxy groups -OCH3 is 1. The molecule has 0 unspecified atom stereocenters. The van der Waals surface area contributed by atoms with Crippen molar-refractivity contribution in [1.29, 1.82) is 0 Å². The van der Waals surface area contributed by atoms with Crippen LogP contribution >= 0.6 is 0 Å². The molecule has 0 aliphatic rings. The van der Waals surface area contributed by atoms with Gasteiger partial charge in [-0.25, -0.2) is 4.39 Å². The Hall–Kier alpha value is -2.56. The molecule has 1 N–H and O–H groups in total. The molecule has 5 heteroatoms. The molecule has 116 valence electrons. The summed E-state index contributed by atoms with van der Waals surface area (Å²) in [5.74, 6) is 0.395. The number of carbonyl (C=O) groups is 1. The van der Waals surface area contributed by atoms with Crippen LogP contribution in [0, 0.1) is 5.82 Å². The van der Waals surface area contributed by atoms with Crippen LogP contribution in [0.2, 0.25) is 0 Å². The zero-order valence-electron chi connectivity index (χ0n) is 12.5. The third-order valence-corrected chi connectivity index (χ3v) is 3.13. The second-order valence-electron chi connectivity index (χ2n) is 4.66. The number of hydrogen-bond acceptors (Lipinski definition) is 3. The third-order valence-electron chi connectivity index (χ3n) is 3.13. The molecule has 0 aliphatic heterocycles. The van der Waals surface area contributed by atoms with Crippen LogP contribution in [0.5, 0.6) is 11.5 Å². The Bertz CT molecular complexity index is 628. The molecule has 2 rings (SSSR count). The predicted molar refractivity (Wildman–Crippen MR) is 82.7 cm³/mol. The first-order valence-electron chi connectivity index (χ1n) is 7.00. The number of amides is 1. The molecule has 0 aliphatic carbocycles. The Kier molecular flexibility index (Phi) is 5.36. The highest BCUT2D eigenvalue weighted by atomic mass is 19.1. The molecule has 0 heterocycles. The highest BCUT2D eigenvalue weighted by Crippen LogP contribution is 2.20. The van der Waals surface area contributed by atoms with E-state index in [0.717, 1.165) is 0 Å². The van der Waals surface area contributed by atoms with Crippen LogP contribution in [-0.4, -0.2) is 19.1 Å². The van der Waals surface area contributed by atoms with Gasteiger partial charge in [0.15, 0.2) is 6.10 Å². The average Bonchev–Trinajstić information content (AvgIpc) is 2.55. The number of carbonyl (C=O) groups excluding carboxylic acids is 1. The van der Waals surface area contributed by atoms with E-state index in [9.17, 15) is 9.18 Å². The molecule has 2 aromatic rings. The summed E-state index contributed by atoms with van der Waals surface area (Å²) < 4.78 is 24.3. The molecule has 1 atom stereocenters. The molecule has 0 bridgehead atoms. The van der Waals surface area contributed by atoms with Gasteiger partial charge in [-0.1, -0.05) is 19.1 Å². The van der Waals surface area contributed by atoms with Crippen LogP contribution in [-0.2, 0) is 4.79 Å². The van der Waals surface area contributed by atoms with E-state index in [0.29, 0.717) is 17.9 Å². The van der Waals surface area contributed by atoms with Crippen molar-refractivity contribution in [2.24, 2.45) is 0 Å². The fraction of sp³-hybridized carbons (Fsp3) is 0.235. The summed E-state index contributed by atoms with van der Waals surface area (Å²) in [5.41, 5.74) is 0.143. The van der Waals surface area contributed by atoms with E-state index in [1.165, 1.54) is 12.1 Å². The standard InChI is InChI=1S/C17H18FNO3/c1-3-16(22-13-10-8-12(21-2)9-11-13)17(20)19-15-7-5-4-6-14(15)18/h4-11,16H,3H2,1-2H3,(H,19,20)/t16-/m0/s1. The highest BCUT2D eigenvalue weighted by molar-refractivity contribution is 5.94. The molecule has 2 aromatic carbocycles. The maximum Gasteiger partial charge on any atom is 0.265 e. The Morgan fingerprint density at radius 3 is 2.36 bits per heavy atom. The van der Waals surface area contributed by atoms with Crippen LogP contribution in [0.1, 0.15) is 13.3 Å². The SMILES string of the molecule is CC[C@H](Oc1ccc(OC)cc1)C(=O)Nc1ccccc1F. The second-order valence-corrected chi connectivity index (χ2v) is 4.66. The smallest absolute Gasteiger partial charge is 0.265 e. The summed E-state index contributed by atoms with van der Waals surface area (Å²) in [7, 11) is 1.58. The molecule has 1 amide bonds. The van der Waals surface area contributed by atoms with Crippen molar-refractivity contribution in [1.82, 2.24) is 0 Å². The van der Waals surface area contributed by atoms with Crippen molar-refractivity contribution in [3.8, 4) is 11.5 Å². The topological polar surface area (TPSA) is 47.6 Å². The number of para-hydroxylation sites is 1. The van der Waals surface area contributed by atoms with E-state index in [1.54, 1.807) is 43.5 Å². The fourth-order valence-electron chi connectivity index (χ4n) is 1.92. The molecule has 0 saturated heterocycles. The molecule has 4 nitrogen and oxygen atoms in total. The number of rotatable bonds is 6. The van der Waals surface area contributed by atoms with E-state index in [4.69, 9.17) is 9.47 Å².